The van der Waals surface area contributed by atoms with Crippen LogP contribution in [0.2, 0.25) is 0 Å². The molecule has 0 aliphatic heterocycles. The zero-order valence-electron chi connectivity index (χ0n) is 9.67. The standard InChI is InChI=1S/C13H15NO3/c1-2-13(15)10-3-5-11(6-4-10)16-9-12-7-8-14-17-12/h3-8,13,15H,2,9H2,1H3/t13-/m0/s1. The monoisotopic (exact) mass is 233 g/mol. The van der Waals surface area contributed by atoms with Crippen LogP contribution < -0.4 is 4.74 Å². The third-order valence-corrected chi connectivity index (χ3v) is 2.52. The highest BCUT2D eigenvalue weighted by atomic mass is 16.5. The van der Waals surface area contributed by atoms with E-state index in [1.807, 2.05) is 31.2 Å². The smallest absolute Gasteiger partial charge is 0.174 e. The number of hydrogen-bond donors (Lipinski definition) is 1. The molecule has 0 amide bonds. The van der Waals surface area contributed by atoms with Gasteiger partial charge in [-0.05, 0) is 24.1 Å². The van der Waals surface area contributed by atoms with Gasteiger partial charge >= 0.3 is 0 Å². The fourth-order valence-corrected chi connectivity index (χ4v) is 1.49. The molecule has 0 saturated carbocycles. The van der Waals surface area contributed by atoms with Crippen molar-refractivity contribution in [1.29, 1.82) is 0 Å². The molecule has 0 spiro atoms. The third kappa shape index (κ3) is 3.07. The van der Waals surface area contributed by atoms with Gasteiger partial charge in [-0.15, -0.1) is 0 Å². The molecule has 0 fully saturated rings. The first-order chi connectivity index (χ1) is 8.29. The Bertz CT molecular complexity index is 436. The molecule has 4 nitrogen and oxygen atoms in total. The molecule has 0 aliphatic carbocycles. The highest BCUT2D eigenvalue weighted by molar-refractivity contribution is 5.28. The number of rotatable bonds is 5. The predicted octanol–water partition coefficient (Wildman–Crippen LogP) is 2.70. The van der Waals surface area contributed by atoms with Crippen LogP contribution in [0.5, 0.6) is 5.75 Å². The Morgan fingerprint density at radius 3 is 2.65 bits per heavy atom. The van der Waals surface area contributed by atoms with Crippen LogP contribution in [0.4, 0.5) is 0 Å². The summed E-state index contributed by atoms with van der Waals surface area (Å²) in [5.74, 6) is 1.43. The minimum Gasteiger partial charge on any atom is -0.486 e. The fourth-order valence-electron chi connectivity index (χ4n) is 1.49. The van der Waals surface area contributed by atoms with E-state index in [1.165, 1.54) is 0 Å². The molecule has 2 aromatic rings. The molecule has 1 N–H and O–H groups in total. The van der Waals surface area contributed by atoms with Crippen LogP contribution in [-0.2, 0) is 6.61 Å². The van der Waals surface area contributed by atoms with Gasteiger partial charge in [0, 0.05) is 6.07 Å². The lowest BCUT2D eigenvalue weighted by molar-refractivity contribution is 0.173. The van der Waals surface area contributed by atoms with Crippen molar-refractivity contribution in [3.63, 3.8) is 0 Å². The molecule has 0 bridgehead atoms. The first kappa shape index (κ1) is 11.7. The Hall–Kier alpha value is -1.81. The Balaban J connectivity index is 1.94. The Labute approximate surface area is 99.8 Å². The van der Waals surface area contributed by atoms with Gasteiger partial charge in [-0.25, -0.2) is 0 Å². The second kappa shape index (κ2) is 5.50. The van der Waals surface area contributed by atoms with Gasteiger partial charge in [-0.3, -0.25) is 0 Å². The van der Waals surface area contributed by atoms with Crippen molar-refractivity contribution in [3.05, 3.63) is 47.9 Å². The van der Waals surface area contributed by atoms with E-state index in [1.54, 1.807) is 12.3 Å². The summed E-state index contributed by atoms with van der Waals surface area (Å²) in [6.07, 6.45) is 1.89. The largest absolute Gasteiger partial charge is 0.486 e. The maximum Gasteiger partial charge on any atom is 0.174 e. The highest BCUT2D eigenvalue weighted by Gasteiger charge is 2.04. The predicted molar refractivity (Wildman–Crippen MR) is 62.5 cm³/mol. The van der Waals surface area contributed by atoms with E-state index in [2.05, 4.69) is 5.16 Å². The lowest BCUT2D eigenvalue weighted by atomic mass is 10.1. The van der Waals surface area contributed by atoms with E-state index < -0.39 is 6.10 Å². The van der Waals surface area contributed by atoms with Crippen molar-refractivity contribution in [3.8, 4) is 5.75 Å². The number of aliphatic hydroxyl groups is 1. The van der Waals surface area contributed by atoms with Crippen LogP contribution >= 0.6 is 0 Å². The Morgan fingerprint density at radius 2 is 2.06 bits per heavy atom. The topological polar surface area (TPSA) is 55.5 Å². The van der Waals surface area contributed by atoms with E-state index in [0.717, 1.165) is 11.3 Å². The van der Waals surface area contributed by atoms with Crippen LogP contribution in [-0.4, -0.2) is 10.3 Å². The van der Waals surface area contributed by atoms with Crippen LogP contribution in [0, 0.1) is 0 Å². The van der Waals surface area contributed by atoms with Crippen molar-refractivity contribution in [1.82, 2.24) is 5.16 Å². The van der Waals surface area contributed by atoms with Gasteiger partial charge < -0.3 is 14.4 Å². The summed E-state index contributed by atoms with van der Waals surface area (Å²) in [5.41, 5.74) is 0.902. The SMILES string of the molecule is CC[C@H](O)c1ccc(OCc2ccno2)cc1. The molecule has 0 unspecified atom stereocenters. The molecule has 1 heterocycles. The normalized spacial score (nSPS) is 12.4. The average molecular weight is 233 g/mol. The molecule has 0 saturated heterocycles. The highest BCUT2D eigenvalue weighted by Crippen LogP contribution is 2.20. The summed E-state index contributed by atoms with van der Waals surface area (Å²) in [6.45, 7) is 2.30. The average Bonchev–Trinajstić information content (AvgIpc) is 2.89. The minimum absolute atomic E-state index is 0.357. The summed E-state index contributed by atoms with van der Waals surface area (Å²) >= 11 is 0. The van der Waals surface area contributed by atoms with Crippen molar-refractivity contribution < 1.29 is 14.4 Å². The van der Waals surface area contributed by atoms with Gasteiger partial charge in [0.15, 0.2) is 5.76 Å². The number of aromatic nitrogens is 1. The van der Waals surface area contributed by atoms with Crippen molar-refractivity contribution in [2.75, 3.05) is 0 Å². The number of benzene rings is 1. The zero-order chi connectivity index (χ0) is 12.1. The van der Waals surface area contributed by atoms with E-state index in [0.29, 0.717) is 18.8 Å². The lowest BCUT2D eigenvalue weighted by Crippen LogP contribution is -1.96. The van der Waals surface area contributed by atoms with E-state index >= 15 is 0 Å². The Morgan fingerprint density at radius 1 is 1.29 bits per heavy atom. The van der Waals surface area contributed by atoms with Gasteiger partial charge in [-0.1, -0.05) is 24.2 Å². The van der Waals surface area contributed by atoms with Crippen molar-refractivity contribution in [2.24, 2.45) is 0 Å². The van der Waals surface area contributed by atoms with Gasteiger partial charge in [0.2, 0.25) is 0 Å². The summed E-state index contributed by atoms with van der Waals surface area (Å²) < 4.78 is 10.4. The molecule has 0 radical (unpaired) electrons. The summed E-state index contributed by atoms with van der Waals surface area (Å²) in [7, 11) is 0. The van der Waals surface area contributed by atoms with E-state index in [4.69, 9.17) is 9.26 Å². The number of nitrogens with zero attached hydrogens (tertiary/aromatic N) is 1. The molecule has 1 aromatic heterocycles. The summed E-state index contributed by atoms with van der Waals surface area (Å²) in [4.78, 5) is 0. The van der Waals surface area contributed by atoms with Gasteiger partial charge in [0.25, 0.3) is 0 Å². The van der Waals surface area contributed by atoms with Crippen LogP contribution in [0.15, 0.2) is 41.1 Å². The molecule has 0 aliphatic rings. The quantitative estimate of drug-likeness (QED) is 0.862. The first-order valence-corrected chi connectivity index (χ1v) is 5.60. The van der Waals surface area contributed by atoms with Gasteiger partial charge in [0.05, 0.1) is 12.3 Å². The number of aliphatic hydroxyl groups excluding tert-OH is 1. The third-order valence-electron chi connectivity index (χ3n) is 2.52. The second-order valence-electron chi connectivity index (χ2n) is 3.76. The van der Waals surface area contributed by atoms with E-state index in [9.17, 15) is 5.11 Å². The van der Waals surface area contributed by atoms with Crippen LogP contribution in [0.3, 0.4) is 0 Å². The number of ether oxygens (including phenoxy) is 1. The molecule has 90 valence electrons. The Kier molecular flexibility index (Phi) is 3.77. The summed E-state index contributed by atoms with van der Waals surface area (Å²) in [6, 6.07) is 9.16. The second-order valence-corrected chi connectivity index (χ2v) is 3.76. The van der Waals surface area contributed by atoms with Gasteiger partial charge in [-0.2, -0.15) is 0 Å². The summed E-state index contributed by atoms with van der Waals surface area (Å²) in [5, 5.41) is 13.2. The van der Waals surface area contributed by atoms with Gasteiger partial charge in [0.1, 0.15) is 12.4 Å². The number of hydrogen-bond acceptors (Lipinski definition) is 4. The van der Waals surface area contributed by atoms with Crippen LogP contribution in [0.1, 0.15) is 30.8 Å². The zero-order valence-corrected chi connectivity index (χ0v) is 9.67. The van der Waals surface area contributed by atoms with Crippen molar-refractivity contribution in [2.45, 2.75) is 26.1 Å². The maximum absolute atomic E-state index is 9.64. The molecule has 4 heteroatoms. The maximum atomic E-state index is 9.64. The molecule has 2 rings (SSSR count). The first-order valence-electron chi connectivity index (χ1n) is 5.60. The minimum atomic E-state index is -0.404. The molecule has 17 heavy (non-hydrogen) atoms. The molecular weight excluding hydrogens is 218 g/mol. The van der Waals surface area contributed by atoms with E-state index in [-0.39, 0.29) is 0 Å². The van der Waals surface area contributed by atoms with Crippen LogP contribution in [0.25, 0.3) is 0 Å². The molecule has 1 atom stereocenters. The molecular formula is C13H15NO3. The van der Waals surface area contributed by atoms with Crippen molar-refractivity contribution >= 4 is 0 Å². The molecule has 1 aromatic carbocycles. The lowest BCUT2D eigenvalue weighted by Gasteiger charge is -2.09. The fraction of sp³-hybridized carbons (Fsp3) is 0.308.